The maximum atomic E-state index is 11.5. The highest BCUT2D eigenvalue weighted by atomic mass is 16.5. The Balaban J connectivity index is 2.08. The van der Waals surface area contributed by atoms with E-state index in [1.807, 2.05) is 0 Å². The van der Waals surface area contributed by atoms with Gasteiger partial charge in [-0.1, -0.05) is 27.4 Å². The van der Waals surface area contributed by atoms with Crippen LogP contribution < -0.4 is 0 Å². The predicted molar refractivity (Wildman–Crippen MR) is 59.3 cm³/mol. The van der Waals surface area contributed by atoms with Crippen LogP contribution in [0.3, 0.4) is 0 Å². The van der Waals surface area contributed by atoms with Crippen LogP contribution in [0.5, 0.6) is 0 Å². The van der Waals surface area contributed by atoms with Gasteiger partial charge < -0.3 is 4.74 Å². The number of fused-ring (bicyclic) bond motifs is 1. The minimum atomic E-state index is -0.238. The molecule has 0 heterocycles. The predicted octanol–water partition coefficient (Wildman–Crippen LogP) is 2.93. The molecule has 0 aliphatic heterocycles. The van der Waals surface area contributed by atoms with Gasteiger partial charge in [0, 0.05) is 11.0 Å². The van der Waals surface area contributed by atoms with Crippen molar-refractivity contribution in [3.63, 3.8) is 0 Å². The zero-order valence-corrected chi connectivity index (χ0v) is 10.1. The second-order valence-electron chi connectivity index (χ2n) is 5.95. The van der Waals surface area contributed by atoms with Gasteiger partial charge in [-0.3, -0.25) is 0 Å². The lowest BCUT2D eigenvalue weighted by molar-refractivity contribution is -0.150. The molecule has 0 bridgehead atoms. The highest BCUT2D eigenvalue weighted by Gasteiger charge is 2.68. The van der Waals surface area contributed by atoms with Gasteiger partial charge in [0.1, 0.15) is 6.10 Å². The quantitative estimate of drug-likeness (QED) is 0.515. The lowest BCUT2D eigenvalue weighted by Gasteiger charge is -2.34. The third-order valence-electron chi connectivity index (χ3n) is 4.78. The molecule has 15 heavy (non-hydrogen) atoms. The van der Waals surface area contributed by atoms with Gasteiger partial charge in [-0.05, 0) is 31.1 Å². The monoisotopic (exact) mass is 208 g/mol. The van der Waals surface area contributed by atoms with E-state index in [2.05, 4.69) is 27.4 Å². The topological polar surface area (TPSA) is 26.3 Å². The highest BCUT2D eigenvalue weighted by molar-refractivity contribution is 5.87. The number of carbonyl (C=O) groups excluding carboxylic acids is 1. The minimum Gasteiger partial charge on any atom is -0.458 e. The van der Waals surface area contributed by atoms with Crippen LogP contribution in [0.25, 0.3) is 0 Å². The fourth-order valence-electron chi connectivity index (χ4n) is 2.93. The van der Waals surface area contributed by atoms with Crippen molar-refractivity contribution >= 4 is 5.97 Å². The molecule has 2 nitrogen and oxygen atoms in total. The Bertz CT molecular complexity index is 329. The average molecular weight is 208 g/mol. The molecule has 84 valence electrons. The lowest BCUT2D eigenvalue weighted by atomic mass is 9.76. The number of ether oxygens (including phenoxy) is 1. The van der Waals surface area contributed by atoms with Crippen molar-refractivity contribution in [1.82, 2.24) is 0 Å². The van der Waals surface area contributed by atoms with Gasteiger partial charge in [-0.2, -0.15) is 0 Å². The first kappa shape index (κ1) is 10.7. The van der Waals surface area contributed by atoms with Gasteiger partial charge >= 0.3 is 5.97 Å². The van der Waals surface area contributed by atoms with Crippen LogP contribution in [0.4, 0.5) is 0 Å². The third-order valence-corrected chi connectivity index (χ3v) is 4.78. The van der Waals surface area contributed by atoms with E-state index in [4.69, 9.17) is 4.74 Å². The standard InChI is InChI=1S/C13H20O2/c1-8(2)11(14)15-10-6-9-7-13(9,5)12(10,3)4/h9-10H,1,6-7H2,2-5H3. The smallest absolute Gasteiger partial charge is 0.333 e. The highest BCUT2D eigenvalue weighted by Crippen LogP contribution is 2.72. The van der Waals surface area contributed by atoms with Crippen molar-refractivity contribution in [2.45, 2.75) is 46.6 Å². The molecule has 0 aromatic carbocycles. The number of esters is 1. The van der Waals surface area contributed by atoms with E-state index >= 15 is 0 Å². The fourth-order valence-corrected chi connectivity index (χ4v) is 2.93. The van der Waals surface area contributed by atoms with E-state index in [0.717, 1.165) is 12.3 Å². The fraction of sp³-hybridized carbons (Fsp3) is 0.769. The van der Waals surface area contributed by atoms with Crippen LogP contribution in [0, 0.1) is 16.7 Å². The Morgan fingerprint density at radius 2 is 2.00 bits per heavy atom. The van der Waals surface area contributed by atoms with E-state index in [1.54, 1.807) is 6.92 Å². The number of rotatable bonds is 2. The summed E-state index contributed by atoms with van der Waals surface area (Å²) < 4.78 is 5.52. The summed E-state index contributed by atoms with van der Waals surface area (Å²) in [7, 11) is 0. The maximum absolute atomic E-state index is 11.5. The lowest BCUT2D eigenvalue weighted by Crippen LogP contribution is -2.35. The molecule has 0 N–H and O–H groups in total. The Morgan fingerprint density at radius 3 is 2.40 bits per heavy atom. The number of carbonyl (C=O) groups is 1. The molecule has 0 aromatic rings. The van der Waals surface area contributed by atoms with Gasteiger partial charge in [0.05, 0.1) is 0 Å². The van der Waals surface area contributed by atoms with Gasteiger partial charge in [0.2, 0.25) is 0 Å². The molecule has 0 amide bonds. The Labute approximate surface area is 91.7 Å². The molecular formula is C13H20O2. The van der Waals surface area contributed by atoms with Gasteiger partial charge in [0.25, 0.3) is 0 Å². The molecule has 0 radical (unpaired) electrons. The number of hydrogen-bond acceptors (Lipinski definition) is 2. The van der Waals surface area contributed by atoms with Crippen molar-refractivity contribution in [3.8, 4) is 0 Å². The van der Waals surface area contributed by atoms with Crippen molar-refractivity contribution in [2.75, 3.05) is 0 Å². The van der Waals surface area contributed by atoms with Gasteiger partial charge in [0.15, 0.2) is 0 Å². The minimum absolute atomic E-state index is 0.0745. The maximum Gasteiger partial charge on any atom is 0.333 e. The van der Waals surface area contributed by atoms with Gasteiger partial charge in [-0.15, -0.1) is 0 Å². The Hall–Kier alpha value is -0.790. The van der Waals surface area contributed by atoms with Gasteiger partial charge in [-0.25, -0.2) is 4.79 Å². The molecule has 2 heteroatoms. The zero-order chi connectivity index (χ0) is 11.4. The van der Waals surface area contributed by atoms with E-state index in [0.29, 0.717) is 11.0 Å². The molecule has 2 rings (SSSR count). The summed E-state index contributed by atoms with van der Waals surface area (Å²) >= 11 is 0. The van der Waals surface area contributed by atoms with Crippen molar-refractivity contribution < 1.29 is 9.53 Å². The summed E-state index contributed by atoms with van der Waals surface area (Å²) in [4.78, 5) is 11.5. The van der Waals surface area contributed by atoms with E-state index in [9.17, 15) is 4.79 Å². The molecule has 3 unspecified atom stereocenters. The Kier molecular flexibility index (Phi) is 2.05. The van der Waals surface area contributed by atoms with Crippen LogP contribution in [0.2, 0.25) is 0 Å². The molecule has 0 spiro atoms. The largest absolute Gasteiger partial charge is 0.458 e. The molecular weight excluding hydrogens is 188 g/mol. The summed E-state index contributed by atoms with van der Waals surface area (Å²) in [5.41, 5.74) is 1.01. The summed E-state index contributed by atoms with van der Waals surface area (Å²) in [5.74, 6) is 0.522. The van der Waals surface area contributed by atoms with Crippen molar-refractivity contribution in [3.05, 3.63) is 12.2 Å². The summed E-state index contributed by atoms with van der Waals surface area (Å²) in [6.07, 6.45) is 2.40. The van der Waals surface area contributed by atoms with Crippen LogP contribution in [0.15, 0.2) is 12.2 Å². The van der Waals surface area contributed by atoms with Crippen LogP contribution in [-0.2, 0) is 9.53 Å². The second kappa shape index (κ2) is 2.87. The average Bonchev–Trinajstić information content (AvgIpc) is 2.72. The first-order valence-electron chi connectivity index (χ1n) is 5.65. The second-order valence-corrected chi connectivity index (χ2v) is 5.95. The summed E-state index contributed by atoms with van der Waals surface area (Å²) in [5, 5.41) is 0. The molecule has 0 saturated heterocycles. The molecule has 2 aliphatic carbocycles. The first-order chi connectivity index (χ1) is 6.79. The zero-order valence-electron chi connectivity index (χ0n) is 10.1. The van der Waals surface area contributed by atoms with Crippen LogP contribution in [-0.4, -0.2) is 12.1 Å². The molecule has 2 saturated carbocycles. The number of hydrogen-bond donors (Lipinski definition) is 0. The van der Waals surface area contributed by atoms with Crippen LogP contribution >= 0.6 is 0 Å². The summed E-state index contributed by atoms with van der Waals surface area (Å²) in [6, 6.07) is 0. The first-order valence-corrected chi connectivity index (χ1v) is 5.65. The Morgan fingerprint density at radius 1 is 1.40 bits per heavy atom. The van der Waals surface area contributed by atoms with Crippen molar-refractivity contribution in [1.29, 1.82) is 0 Å². The normalized spacial score (nSPS) is 40.8. The van der Waals surface area contributed by atoms with E-state index in [1.165, 1.54) is 6.42 Å². The van der Waals surface area contributed by atoms with Crippen LogP contribution in [0.1, 0.15) is 40.5 Å². The molecule has 2 fully saturated rings. The summed E-state index contributed by atoms with van der Waals surface area (Å²) in [6.45, 7) is 12.1. The molecule has 3 atom stereocenters. The molecule has 2 aliphatic rings. The van der Waals surface area contributed by atoms with Crippen molar-refractivity contribution in [2.24, 2.45) is 16.7 Å². The van der Waals surface area contributed by atoms with E-state index in [-0.39, 0.29) is 17.5 Å². The molecule has 0 aromatic heterocycles. The van der Waals surface area contributed by atoms with E-state index < -0.39 is 0 Å². The third kappa shape index (κ3) is 1.34. The SMILES string of the molecule is C=C(C)C(=O)OC1CC2CC2(C)C1(C)C.